The third-order valence-corrected chi connectivity index (χ3v) is 5.35. The Morgan fingerprint density at radius 1 is 0.935 bits per heavy atom. The molecule has 4 heteroatoms. The zero-order valence-corrected chi connectivity index (χ0v) is 18.3. The van der Waals surface area contributed by atoms with Gasteiger partial charge in [-0.15, -0.1) is 0 Å². The third-order valence-electron chi connectivity index (χ3n) is 5.35. The Bertz CT molecular complexity index is 1190. The first-order chi connectivity index (χ1) is 15.1. The number of aryl methyl sites for hydroxylation is 3. The zero-order valence-electron chi connectivity index (χ0n) is 18.3. The van der Waals surface area contributed by atoms with Gasteiger partial charge in [0.2, 0.25) is 0 Å². The summed E-state index contributed by atoms with van der Waals surface area (Å²) in [5.74, 6) is 2.77. The fraction of sp³-hybridized carbons (Fsp3) is 0.222. The summed E-state index contributed by atoms with van der Waals surface area (Å²) in [7, 11) is 1.68. The molecule has 4 aromatic rings. The Morgan fingerprint density at radius 3 is 2.55 bits per heavy atom. The van der Waals surface area contributed by atoms with Crippen LogP contribution in [0, 0.1) is 13.8 Å². The van der Waals surface area contributed by atoms with E-state index >= 15 is 0 Å². The summed E-state index contributed by atoms with van der Waals surface area (Å²) in [4.78, 5) is 4.83. The lowest BCUT2D eigenvalue weighted by Crippen LogP contribution is -2.06. The molecule has 158 valence electrons. The van der Waals surface area contributed by atoms with E-state index in [1.807, 2.05) is 30.3 Å². The van der Waals surface area contributed by atoms with Gasteiger partial charge in [-0.05, 0) is 73.4 Å². The SMILES string of the molecule is COc1ccc(/C=C/c2nc3ccccc3n2CCCOc2cc(C)ccc2C)cc1. The first kappa shape index (κ1) is 20.7. The van der Waals surface area contributed by atoms with E-state index in [1.54, 1.807) is 7.11 Å². The van der Waals surface area contributed by atoms with E-state index in [4.69, 9.17) is 14.5 Å². The molecule has 0 aliphatic heterocycles. The maximum absolute atomic E-state index is 6.06. The smallest absolute Gasteiger partial charge is 0.133 e. The number of benzene rings is 3. The molecular weight excluding hydrogens is 384 g/mol. The number of methoxy groups -OCH3 is 1. The van der Waals surface area contributed by atoms with Crippen LogP contribution in [-0.4, -0.2) is 23.3 Å². The molecule has 0 atom stereocenters. The number of aromatic nitrogens is 2. The van der Waals surface area contributed by atoms with Crippen LogP contribution >= 0.6 is 0 Å². The molecule has 0 radical (unpaired) electrons. The van der Waals surface area contributed by atoms with Gasteiger partial charge in [-0.1, -0.05) is 42.5 Å². The number of fused-ring (bicyclic) bond motifs is 1. The van der Waals surface area contributed by atoms with Crippen molar-refractivity contribution in [3.05, 3.63) is 89.2 Å². The summed E-state index contributed by atoms with van der Waals surface area (Å²) >= 11 is 0. The molecule has 1 heterocycles. The number of nitrogens with zero attached hydrogens (tertiary/aromatic N) is 2. The summed E-state index contributed by atoms with van der Waals surface area (Å²) in [6.45, 7) is 5.68. The predicted octanol–water partition coefficient (Wildman–Crippen LogP) is 6.30. The molecule has 4 rings (SSSR count). The van der Waals surface area contributed by atoms with Crippen molar-refractivity contribution in [1.29, 1.82) is 0 Å². The highest BCUT2D eigenvalue weighted by atomic mass is 16.5. The van der Waals surface area contributed by atoms with Crippen molar-refractivity contribution in [3.8, 4) is 11.5 Å². The van der Waals surface area contributed by atoms with Gasteiger partial charge in [0.15, 0.2) is 0 Å². The normalized spacial score (nSPS) is 11.3. The molecule has 1 aromatic heterocycles. The van der Waals surface area contributed by atoms with Crippen LogP contribution in [0.3, 0.4) is 0 Å². The second-order valence-corrected chi connectivity index (χ2v) is 7.69. The Kier molecular flexibility index (Phi) is 6.37. The molecule has 0 saturated carbocycles. The standard InChI is InChI=1S/C27H28N2O2/c1-20-9-10-21(2)26(19-20)31-18-6-17-29-25-8-5-4-7-24(25)28-27(29)16-13-22-11-14-23(30-3)15-12-22/h4-5,7-16,19H,6,17-18H2,1-3H3/b16-13+. The number of rotatable bonds is 8. The van der Waals surface area contributed by atoms with Crippen LogP contribution in [0.25, 0.3) is 23.2 Å². The molecule has 0 bridgehead atoms. The van der Waals surface area contributed by atoms with E-state index in [0.717, 1.165) is 46.9 Å². The molecule has 0 amide bonds. The average molecular weight is 413 g/mol. The highest BCUT2D eigenvalue weighted by Gasteiger charge is 2.08. The van der Waals surface area contributed by atoms with Crippen LogP contribution in [-0.2, 0) is 6.54 Å². The Hall–Kier alpha value is -3.53. The zero-order chi connectivity index (χ0) is 21.6. The van der Waals surface area contributed by atoms with Crippen LogP contribution in [0.4, 0.5) is 0 Å². The molecule has 0 fully saturated rings. The second-order valence-electron chi connectivity index (χ2n) is 7.69. The van der Waals surface area contributed by atoms with Crippen LogP contribution in [0.5, 0.6) is 11.5 Å². The minimum atomic E-state index is 0.665. The van der Waals surface area contributed by atoms with Crippen LogP contribution < -0.4 is 9.47 Å². The minimum Gasteiger partial charge on any atom is -0.497 e. The number of ether oxygens (including phenoxy) is 2. The van der Waals surface area contributed by atoms with Gasteiger partial charge in [-0.3, -0.25) is 0 Å². The monoisotopic (exact) mass is 412 g/mol. The Morgan fingerprint density at radius 2 is 1.74 bits per heavy atom. The van der Waals surface area contributed by atoms with Gasteiger partial charge < -0.3 is 14.0 Å². The molecular formula is C27H28N2O2. The van der Waals surface area contributed by atoms with Gasteiger partial charge in [-0.2, -0.15) is 0 Å². The maximum Gasteiger partial charge on any atom is 0.133 e. The molecule has 3 aromatic carbocycles. The van der Waals surface area contributed by atoms with Crippen LogP contribution in [0.1, 0.15) is 28.9 Å². The van der Waals surface area contributed by atoms with Crippen LogP contribution in [0.15, 0.2) is 66.7 Å². The lowest BCUT2D eigenvalue weighted by molar-refractivity contribution is 0.300. The average Bonchev–Trinajstić information content (AvgIpc) is 3.15. The van der Waals surface area contributed by atoms with Gasteiger partial charge in [0.25, 0.3) is 0 Å². The fourth-order valence-electron chi connectivity index (χ4n) is 3.61. The highest BCUT2D eigenvalue weighted by molar-refractivity contribution is 5.79. The summed E-state index contributed by atoms with van der Waals surface area (Å²) < 4.78 is 13.6. The molecule has 0 aliphatic rings. The lowest BCUT2D eigenvalue weighted by atomic mass is 10.1. The first-order valence-electron chi connectivity index (χ1n) is 10.6. The maximum atomic E-state index is 6.06. The number of hydrogen-bond acceptors (Lipinski definition) is 3. The van der Waals surface area contributed by atoms with E-state index in [2.05, 4.69) is 67.0 Å². The predicted molar refractivity (Wildman–Crippen MR) is 128 cm³/mol. The van der Waals surface area contributed by atoms with Crippen molar-refractivity contribution in [3.63, 3.8) is 0 Å². The summed E-state index contributed by atoms with van der Waals surface area (Å²) in [5, 5.41) is 0. The first-order valence-corrected chi connectivity index (χ1v) is 10.6. The van der Waals surface area contributed by atoms with Gasteiger partial charge in [0.05, 0.1) is 24.8 Å². The minimum absolute atomic E-state index is 0.665. The van der Waals surface area contributed by atoms with E-state index in [9.17, 15) is 0 Å². The largest absolute Gasteiger partial charge is 0.497 e. The van der Waals surface area contributed by atoms with E-state index in [1.165, 1.54) is 11.1 Å². The van der Waals surface area contributed by atoms with Crippen LogP contribution in [0.2, 0.25) is 0 Å². The summed E-state index contributed by atoms with van der Waals surface area (Å²) in [5.41, 5.74) is 5.64. The lowest BCUT2D eigenvalue weighted by Gasteiger charge is -2.11. The quantitative estimate of drug-likeness (QED) is 0.319. The van der Waals surface area contributed by atoms with E-state index in [-0.39, 0.29) is 0 Å². The Balaban J connectivity index is 1.49. The van der Waals surface area contributed by atoms with Crippen molar-refractivity contribution in [2.45, 2.75) is 26.8 Å². The summed E-state index contributed by atoms with van der Waals surface area (Å²) in [6.07, 6.45) is 5.06. The fourth-order valence-corrected chi connectivity index (χ4v) is 3.61. The van der Waals surface area contributed by atoms with E-state index in [0.29, 0.717) is 6.61 Å². The van der Waals surface area contributed by atoms with Gasteiger partial charge in [-0.25, -0.2) is 4.98 Å². The number of imidazole rings is 1. The van der Waals surface area contributed by atoms with Crippen molar-refractivity contribution in [1.82, 2.24) is 9.55 Å². The number of hydrogen-bond donors (Lipinski definition) is 0. The molecule has 4 nitrogen and oxygen atoms in total. The van der Waals surface area contributed by atoms with Gasteiger partial charge in [0, 0.05) is 6.54 Å². The summed E-state index contributed by atoms with van der Waals surface area (Å²) in [6, 6.07) is 22.6. The van der Waals surface area contributed by atoms with Crippen molar-refractivity contribution in [2.75, 3.05) is 13.7 Å². The molecule has 0 N–H and O–H groups in total. The number of para-hydroxylation sites is 2. The molecule has 0 saturated heterocycles. The van der Waals surface area contributed by atoms with Crippen molar-refractivity contribution >= 4 is 23.2 Å². The second kappa shape index (κ2) is 9.52. The molecule has 31 heavy (non-hydrogen) atoms. The van der Waals surface area contributed by atoms with E-state index < -0.39 is 0 Å². The molecule has 0 unspecified atom stereocenters. The Labute approximate surface area is 183 Å². The molecule has 0 aliphatic carbocycles. The van der Waals surface area contributed by atoms with Gasteiger partial charge in [0.1, 0.15) is 17.3 Å². The third kappa shape index (κ3) is 4.97. The highest BCUT2D eigenvalue weighted by Crippen LogP contribution is 2.21. The van der Waals surface area contributed by atoms with Crippen molar-refractivity contribution in [2.24, 2.45) is 0 Å². The van der Waals surface area contributed by atoms with Crippen molar-refractivity contribution < 1.29 is 9.47 Å². The molecule has 0 spiro atoms. The topological polar surface area (TPSA) is 36.3 Å². The van der Waals surface area contributed by atoms with Gasteiger partial charge >= 0.3 is 0 Å².